The summed E-state index contributed by atoms with van der Waals surface area (Å²) < 4.78 is 38.8. The lowest BCUT2D eigenvalue weighted by molar-refractivity contribution is -0.137. The van der Waals surface area contributed by atoms with E-state index in [0.29, 0.717) is 17.3 Å². The van der Waals surface area contributed by atoms with Crippen LogP contribution >= 0.6 is 0 Å². The lowest BCUT2D eigenvalue weighted by atomic mass is 10.0. The number of hydrogen-bond donors (Lipinski definition) is 1. The molecular weight excluding hydrogens is 289 g/mol. The number of aromatic amines is 1. The number of fused-ring (bicyclic) bond motifs is 5. The molecule has 1 aliphatic heterocycles. The van der Waals surface area contributed by atoms with Gasteiger partial charge in [-0.25, -0.2) is 0 Å². The molecule has 0 fully saturated rings. The monoisotopic (exact) mass is 300 g/mol. The molecule has 0 amide bonds. The van der Waals surface area contributed by atoms with Gasteiger partial charge < -0.3 is 4.98 Å². The molecule has 1 aliphatic rings. The summed E-state index contributed by atoms with van der Waals surface area (Å²) in [6, 6.07) is 11.4. The van der Waals surface area contributed by atoms with Gasteiger partial charge in [-0.3, -0.25) is 4.99 Å². The van der Waals surface area contributed by atoms with Gasteiger partial charge in [0, 0.05) is 29.1 Å². The third kappa shape index (κ3) is 1.93. The minimum atomic E-state index is -4.34. The molecule has 2 nitrogen and oxygen atoms in total. The highest BCUT2D eigenvalue weighted by Gasteiger charge is 2.31. The van der Waals surface area contributed by atoms with Crippen LogP contribution in [0.1, 0.15) is 11.1 Å². The smallest absolute Gasteiger partial charge is 0.354 e. The normalized spacial score (nSPS) is 13.8. The van der Waals surface area contributed by atoms with Crippen LogP contribution in [0.25, 0.3) is 22.2 Å². The van der Waals surface area contributed by atoms with E-state index in [4.69, 9.17) is 0 Å². The van der Waals surface area contributed by atoms with Crippen LogP contribution in [0.4, 0.5) is 18.9 Å². The summed E-state index contributed by atoms with van der Waals surface area (Å²) in [4.78, 5) is 7.63. The molecular formula is C17H11F3N2. The summed E-state index contributed by atoms with van der Waals surface area (Å²) in [5.74, 6) is 0. The Morgan fingerprint density at radius 2 is 1.86 bits per heavy atom. The van der Waals surface area contributed by atoms with E-state index in [1.165, 1.54) is 12.1 Å². The summed E-state index contributed by atoms with van der Waals surface area (Å²) in [6.45, 7) is 0. The van der Waals surface area contributed by atoms with Crippen LogP contribution in [0.3, 0.4) is 0 Å². The van der Waals surface area contributed by atoms with Crippen molar-refractivity contribution in [3.8, 4) is 11.3 Å². The Morgan fingerprint density at radius 3 is 2.68 bits per heavy atom. The SMILES string of the molecule is FC(F)(F)c1ccc2[nH]c3c(c2c1)CC=Nc1ccccc1-3. The fraction of sp³-hybridized carbons (Fsp3) is 0.118. The van der Waals surface area contributed by atoms with Gasteiger partial charge >= 0.3 is 6.18 Å². The highest BCUT2D eigenvalue weighted by Crippen LogP contribution is 2.39. The summed E-state index contributed by atoms with van der Waals surface area (Å²) in [5.41, 5.74) is 3.52. The number of nitrogens with zero attached hydrogens (tertiary/aromatic N) is 1. The molecule has 3 aromatic rings. The van der Waals surface area contributed by atoms with Crippen LogP contribution in [-0.2, 0) is 12.6 Å². The van der Waals surface area contributed by atoms with E-state index in [9.17, 15) is 13.2 Å². The molecule has 0 saturated carbocycles. The van der Waals surface area contributed by atoms with Crippen LogP contribution in [0, 0.1) is 0 Å². The van der Waals surface area contributed by atoms with Crippen molar-refractivity contribution in [2.45, 2.75) is 12.6 Å². The zero-order chi connectivity index (χ0) is 15.3. The summed E-state index contributed by atoms with van der Waals surface area (Å²) in [6.07, 6.45) is -2.08. The molecule has 0 atom stereocenters. The molecule has 2 heterocycles. The molecule has 110 valence electrons. The molecule has 0 radical (unpaired) electrons. The molecule has 0 saturated heterocycles. The average molecular weight is 300 g/mol. The summed E-state index contributed by atoms with van der Waals surface area (Å²) in [5, 5.41) is 0.605. The summed E-state index contributed by atoms with van der Waals surface area (Å²) >= 11 is 0. The van der Waals surface area contributed by atoms with Crippen LogP contribution in [-0.4, -0.2) is 11.2 Å². The Bertz CT molecular complexity index is 904. The molecule has 1 aromatic heterocycles. The topological polar surface area (TPSA) is 28.1 Å². The minimum Gasteiger partial charge on any atom is -0.354 e. The summed E-state index contributed by atoms with van der Waals surface area (Å²) in [7, 11) is 0. The Labute approximate surface area is 124 Å². The van der Waals surface area contributed by atoms with Gasteiger partial charge in [-0.1, -0.05) is 18.2 Å². The second kappa shape index (κ2) is 4.47. The molecule has 22 heavy (non-hydrogen) atoms. The van der Waals surface area contributed by atoms with Crippen molar-refractivity contribution in [2.24, 2.45) is 4.99 Å². The first-order valence-electron chi connectivity index (χ1n) is 6.88. The molecule has 2 aromatic carbocycles. The third-order valence-electron chi connectivity index (χ3n) is 3.93. The number of para-hydroxylation sites is 1. The van der Waals surface area contributed by atoms with Crippen molar-refractivity contribution in [1.29, 1.82) is 0 Å². The highest BCUT2D eigenvalue weighted by molar-refractivity contribution is 5.97. The van der Waals surface area contributed by atoms with Crippen molar-refractivity contribution in [2.75, 3.05) is 0 Å². The Hall–Kier alpha value is -2.56. The van der Waals surface area contributed by atoms with Crippen molar-refractivity contribution < 1.29 is 13.2 Å². The highest BCUT2D eigenvalue weighted by atomic mass is 19.4. The molecule has 0 aliphatic carbocycles. The largest absolute Gasteiger partial charge is 0.416 e. The van der Waals surface area contributed by atoms with Crippen LogP contribution < -0.4 is 0 Å². The van der Waals surface area contributed by atoms with Crippen LogP contribution in [0.5, 0.6) is 0 Å². The zero-order valence-electron chi connectivity index (χ0n) is 11.4. The lowest BCUT2D eigenvalue weighted by Crippen LogP contribution is -2.04. The predicted molar refractivity (Wildman–Crippen MR) is 80.6 cm³/mol. The molecule has 4 rings (SSSR count). The van der Waals surface area contributed by atoms with E-state index in [2.05, 4.69) is 9.98 Å². The number of alkyl halides is 3. The van der Waals surface area contributed by atoms with E-state index in [1.54, 1.807) is 6.21 Å². The maximum absolute atomic E-state index is 12.9. The van der Waals surface area contributed by atoms with Gasteiger partial charge in [-0.05, 0) is 29.8 Å². The van der Waals surface area contributed by atoms with Crippen molar-refractivity contribution in [3.63, 3.8) is 0 Å². The predicted octanol–water partition coefficient (Wildman–Crippen LogP) is 5.11. The Kier molecular flexibility index (Phi) is 2.66. The van der Waals surface area contributed by atoms with Crippen LogP contribution in [0.15, 0.2) is 47.5 Å². The van der Waals surface area contributed by atoms with Gasteiger partial charge in [-0.2, -0.15) is 13.2 Å². The first-order chi connectivity index (χ1) is 10.5. The molecule has 1 N–H and O–H groups in total. The quantitative estimate of drug-likeness (QED) is 0.597. The van der Waals surface area contributed by atoms with E-state index < -0.39 is 11.7 Å². The number of rotatable bonds is 0. The maximum atomic E-state index is 12.9. The number of benzene rings is 2. The number of hydrogen-bond acceptors (Lipinski definition) is 1. The van der Waals surface area contributed by atoms with Crippen LogP contribution in [0.2, 0.25) is 0 Å². The van der Waals surface area contributed by atoms with Gasteiger partial charge in [0.2, 0.25) is 0 Å². The van der Waals surface area contributed by atoms with Crippen molar-refractivity contribution >= 4 is 22.8 Å². The Balaban J connectivity index is 2.01. The number of H-pyrrole nitrogens is 1. The molecule has 0 spiro atoms. The first-order valence-corrected chi connectivity index (χ1v) is 6.88. The van der Waals surface area contributed by atoms with E-state index >= 15 is 0 Å². The fourth-order valence-corrected chi connectivity index (χ4v) is 2.90. The van der Waals surface area contributed by atoms with Gasteiger partial charge in [0.05, 0.1) is 16.9 Å². The first kappa shape index (κ1) is 13.1. The Morgan fingerprint density at radius 1 is 1.05 bits per heavy atom. The molecule has 0 bridgehead atoms. The molecule has 5 heteroatoms. The molecule has 0 unspecified atom stereocenters. The van der Waals surface area contributed by atoms with Crippen molar-refractivity contribution in [3.05, 3.63) is 53.6 Å². The number of aromatic nitrogens is 1. The van der Waals surface area contributed by atoms with Gasteiger partial charge in [0.15, 0.2) is 0 Å². The van der Waals surface area contributed by atoms with E-state index in [0.717, 1.165) is 28.6 Å². The minimum absolute atomic E-state index is 0.505. The number of nitrogens with one attached hydrogen (secondary N) is 1. The third-order valence-corrected chi connectivity index (χ3v) is 3.93. The maximum Gasteiger partial charge on any atom is 0.416 e. The van der Waals surface area contributed by atoms with Gasteiger partial charge in [-0.15, -0.1) is 0 Å². The van der Waals surface area contributed by atoms with E-state index in [1.807, 2.05) is 24.3 Å². The second-order valence-corrected chi connectivity index (χ2v) is 5.27. The van der Waals surface area contributed by atoms with Gasteiger partial charge in [0.25, 0.3) is 0 Å². The van der Waals surface area contributed by atoms with E-state index in [-0.39, 0.29) is 0 Å². The number of aliphatic imine (C=N–C) groups is 1. The van der Waals surface area contributed by atoms with Gasteiger partial charge in [0.1, 0.15) is 0 Å². The van der Waals surface area contributed by atoms with Crippen molar-refractivity contribution in [1.82, 2.24) is 4.98 Å². The zero-order valence-corrected chi connectivity index (χ0v) is 11.4. The standard InChI is InChI=1S/C17H11F3N2/c18-17(19,20)10-5-6-15-13(9-10)11-7-8-21-14-4-2-1-3-12(14)16(11)22-15/h1-6,8-9,22H,7H2. The average Bonchev–Trinajstić information content (AvgIpc) is 2.75. The second-order valence-electron chi connectivity index (χ2n) is 5.27. The lowest BCUT2D eigenvalue weighted by Gasteiger charge is -2.06. The number of halogens is 3. The fourth-order valence-electron chi connectivity index (χ4n) is 2.90.